The van der Waals surface area contributed by atoms with Crippen LogP contribution in [-0.4, -0.2) is 32.4 Å². The van der Waals surface area contributed by atoms with Gasteiger partial charge in [0.15, 0.2) is 0 Å². The van der Waals surface area contributed by atoms with Gasteiger partial charge in [0, 0.05) is 12.5 Å². The molecule has 0 amide bonds. The molecule has 2 aromatic heterocycles. The number of hydrogen-bond acceptors (Lipinski definition) is 5. The minimum absolute atomic E-state index is 0.180. The SMILES string of the molecule is CC(C)NCCCc1nn2c(C(F)(F)F)nnc2s1. The molecule has 0 atom stereocenters. The van der Waals surface area contributed by atoms with E-state index in [0.29, 0.717) is 17.5 Å². The summed E-state index contributed by atoms with van der Waals surface area (Å²) in [6.07, 6.45) is -3.07. The van der Waals surface area contributed by atoms with Crippen LogP contribution in [0.1, 0.15) is 31.1 Å². The predicted octanol–water partition coefficient (Wildman–Crippen LogP) is 2.14. The van der Waals surface area contributed by atoms with E-state index in [9.17, 15) is 13.2 Å². The van der Waals surface area contributed by atoms with Gasteiger partial charge in [-0.2, -0.15) is 22.8 Å². The van der Waals surface area contributed by atoms with Crippen LogP contribution in [0.4, 0.5) is 13.2 Å². The van der Waals surface area contributed by atoms with Gasteiger partial charge in [-0.1, -0.05) is 25.2 Å². The van der Waals surface area contributed by atoms with E-state index in [0.717, 1.165) is 28.8 Å². The van der Waals surface area contributed by atoms with Crippen molar-refractivity contribution in [2.75, 3.05) is 6.54 Å². The van der Waals surface area contributed by atoms with Crippen LogP contribution in [-0.2, 0) is 12.6 Å². The molecule has 0 aliphatic rings. The van der Waals surface area contributed by atoms with Crippen molar-refractivity contribution in [2.45, 2.75) is 38.9 Å². The molecular weight excluding hydrogens is 279 g/mol. The number of rotatable bonds is 5. The van der Waals surface area contributed by atoms with Crippen LogP contribution >= 0.6 is 11.3 Å². The largest absolute Gasteiger partial charge is 0.453 e. The molecule has 0 unspecified atom stereocenters. The Balaban J connectivity index is 2.04. The lowest BCUT2D eigenvalue weighted by molar-refractivity contribution is -0.146. The molecular formula is C10H14F3N5S. The molecule has 0 spiro atoms. The van der Waals surface area contributed by atoms with Gasteiger partial charge >= 0.3 is 6.18 Å². The van der Waals surface area contributed by atoms with Crippen LogP contribution in [0.3, 0.4) is 0 Å². The molecule has 0 aromatic carbocycles. The number of nitrogens with zero attached hydrogens (tertiary/aromatic N) is 4. The molecule has 19 heavy (non-hydrogen) atoms. The van der Waals surface area contributed by atoms with Gasteiger partial charge in [-0.05, 0) is 13.0 Å². The minimum atomic E-state index is -4.52. The molecule has 9 heteroatoms. The van der Waals surface area contributed by atoms with E-state index < -0.39 is 12.0 Å². The van der Waals surface area contributed by atoms with Crippen LogP contribution in [0, 0.1) is 0 Å². The summed E-state index contributed by atoms with van der Waals surface area (Å²) in [5.41, 5.74) is 0. The summed E-state index contributed by atoms with van der Waals surface area (Å²) >= 11 is 1.14. The Hall–Kier alpha value is -1.22. The van der Waals surface area contributed by atoms with E-state index in [2.05, 4.69) is 20.6 Å². The van der Waals surface area contributed by atoms with Gasteiger partial charge in [-0.3, -0.25) is 0 Å². The summed E-state index contributed by atoms with van der Waals surface area (Å²) in [4.78, 5) is 0.180. The molecule has 2 aromatic rings. The maximum atomic E-state index is 12.6. The second-order valence-corrected chi connectivity index (χ2v) is 5.46. The quantitative estimate of drug-likeness (QED) is 0.858. The molecule has 1 N–H and O–H groups in total. The lowest BCUT2D eigenvalue weighted by Crippen LogP contribution is -2.23. The van der Waals surface area contributed by atoms with E-state index in [1.54, 1.807) is 0 Å². The maximum absolute atomic E-state index is 12.6. The highest BCUT2D eigenvalue weighted by molar-refractivity contribution is 7.16. The van der Waals surface area contributed by atoms with Crippen molar-refractivity contribution < 1.29 is 13.2 Å². The van der Waals surface area contributed by atoms with E-state index in [1.807, 2.05) is 13.8 Å². The van der Waals surface area contributed by atoms with Crippen LogP contribution in [0.5, 0.6) is 0 Å². The Kier molecular flexibility index (Phi) is 4.04. The number of alkyl halides is 3. The summed E-state index contributed by atoms with van der Waals surface area (Å²) in [7, 11) is 0. The lowest BCUT2D eigenvalue weighted by atomic mass is 10.3. The molecule has 0 saturated heterocycles. The Bertz CT molecular complexity index is 545. The summed E-state index contributed by atoms with van der Waals surface area (Å²) in [6.45, 7) is 4.89. The minimum Gasteiger partial charge on any atom is -0.315 e. The maximum Gasteiger partial charge on any atom is 0.453 e. The summed E-state index contributed by atoms with van der Waals surface area (Å²) < 4.78 is 38.5. The van der Waals surface area contributed by atoms with Gasteiger partial charge in [0.2, 0.25) is 4.96 Å². The fraction of sp³-hybridized carbons (Fsp3) is 0.700. The highest BCUT2D eigenvalue weighted by Crippen LogP contribution is 2.29. The first-order valence-electron chi connectivity index (χ1n) is 5.89. The first-order valence-corrected chi connectivity index (χ1v) is 6.71. The number of fused-ring (bicyclic) bond motifs is 1. The van der Waals surface area contributed by atoms with Gasteiger partial charge in [-0.15, -0.1) is 10.2 Å². The van der Waals surface area contributed by atoms with Gasteiger partial charge in [0.1, 0.15) is 5.01 Å². The van der Waals surface area contributed by atoms with Crippen molar-refractivity contribution in [3.63, 3.8) is 0 Å². The smallest absolute Gasteiger partial charge is 0.315 e. The van der Waals surface area contributed by atoms with Crippen molar-refractivity contribution in [3.8, 4) is 0 Å². The predicted molar refractivity (Wildman–Crippen MR) is 65.1 cm³/mol. The zero-order valence-electron chi connectivity index (χ0n) is 10.5. The monoisotopic (exact) mass is 293 g/mol. The highest BCUT2D eigenvalue weighted by atomic mass is 32.1. The zero-order chi connectivity index (χ0) is 14.0. The van der Waals surface area contributed by atoms with Gasteiger partial charge < -0.3 is 5.32 Å². The molecule has 5 nitrogen and oxygen atoms in total. The Morgan fingerprint density at radius 3 is 2.68 bits per heavy atom. The third-order valence-electron chi connectivity index (χ3n) is 2.41. The molecule has 106 valence electrons. The average molecular weight is 293 g/mol. The number of aromatic nitrogens is 4. The van der Waals surface area contributed by atoms with Crippen molar-refractivity contribution >= 4 is 16.3 Å². The first kappa shape index (κ1) is 14.2. The third kappa shape index (κ3) is 3.41. The van der Waals surface area contributed by atoms with E-state index in [4.69, 9.17) is 0 Å². The molecule has 0 radical (unpaired) electrons. The second-order valence-electron chi connectivity index (χ2n) is 4.42. The fourth-order valence-electron chi connectivity index (χ4n) is 1.56. The molecule has 0 aliphatic heterocycles. The third-order valence-corrected chi connectivity index (χ3v) is 3.36. The molecule has 0 aliphatic carbocycles. The molecule has 0 bridgehead atoms. The van der Waals surface area contributed by atoms with Crippen LogP contribution in [0.2, 0.25) is 0 Å². The van der Waals surface area contributed by atoms with Crippen molar-refractivity contribution in [1.82, 2.24) is 25.1 Å². The number of nitrogens with one attached hydrogen (secondary N) is 1. The fourth-order valence-corrected chi connectivity index (χ4v) is 2.44. The van der Waals surface area contributed by atoms with E-state index in [-0.39, 0.29) is 4.96 Å². The van der Waals surface area contributed by atoms with Crippen LogP contribution in [0.15, 0.2) is 0 Å². The second kappa shape index (κ2) is 5.41. The number of aryl methyl sites for hydroxylation is 1. The van der Waals surface area contributed by atoms with Gasteiger partial charge in [-0.25, -0.2) is 0 Å². The molecule has 0 saturated carbocycles. The molecule has 0 fully saturated rings. The first-order chi connectivity index (χ1) is 8.88. The number of halogens is 3. The summed E-state index contributed by atoms with van der Waals surface area (Å²) in [5.74, 6) is -1.06. The van der Waals surface area contributed by atoms with E-state index >= 15 is 0 Å². The average Bonchev–Trinajstić information content (AvgIpc) is 2.81. The van der Waals surface area contributed by atoms with Gasteiger partial charge in [0.25, 0.3) is 5.82 Å². The lowest BCUT2D eigenvalue weighted by Gasteiger charge is -2.06. The standard InChI is InChI=1S/C10H14F3N5S/c1-6(2)14-5-3-4-7-17-18-8(10(11,12)13)15-16-9(18)19-7/h6,14H,3-5H2,1-2H3. The van der Waals surface area contributed by atoms with Crippen LogP contribution < -0.4 is 5.32 Å². The van der Waals surface area contributed by atoms with Crippen molar-refractivity contribution in [2.24, 2.45) is 0 Å². The molecule has 2 heterocycles. The summed E-state index contributed by atoms with van der Waals surface area (Å²) in [6, 6.07) is 0.398. The Morgan fingerprint density at radius 2 is 2.05 bits per heavy atom. The van der Waals surface area contributed by atoms with E-state index in [1.165, 1.54) is 0 Å². The summed E-state index contributed by atoms with van der Waals surface area (Å²) in [5, 5.41) is 14.4. The normalized spacial score (nSPS) is 12.7. The van der Waals surface area contributed by atoms with Crippen molar-refractivity contribution in [1.29, 1.82) is 0 Å². The van der Waals surface area contributed by atoms with Crippen molar-refractivity contribution in [3.05, 3.63) is 10.8 Å². The number of hydrogen-bond donors (Lipinski definition) is 1. The Labute approximate surface area is 111 Å². The Morgan fingerprint density at radius 1 is 1.32 bits per heavy atom. The topological polar surface area (TPSA) is 55.1 Å². The van der Waals surface area contributed by atoms with Crippen LogP contribution in [0.25, 0.3) is 4.96 Å². The highest BCUT2D eigenvalue weighted by Gasteiger charge is 2.38. The molecule has 2 rings (SSSR count). The zero-order valence-corrected chi connectivity index (χ0v) is 11.3. The van der Waals surface area contributed by atoms with Gasteiger partial charge in [0.05, 0.1) is 0 Å².